The minimum Gasteiger partial charge on any atom is -0.488 e. The quantitative estimate of drug-likeness (QED) is 0.398. The number of nitro benzene ring substituents is 1. The number of aliphatic carboxylic acids is 1. The molecule has 8 heteroatoms. The van der Waals surface area contributed by atoms with E-state index in [2.05, 4.69) is 4.72 Å². The molecule has 0 aliphatic rings. The van der Waals surface area contributed by atoms with Crippen molar-refractivity contribution in [2.45, 2.75) is 43.7 Å². The van der Waals surface area contributed by atoms with Gasteiger partial charge in [0.25, 0.3) is 5.69 Å². The lowest BCUT2D eigenvalue weighted by Gasteiger charge is -2.21. The van der Waals surface area contributed by atoms with E-state index < -0.39 is 22.5 Å². The first-order chi connectivity index (χ1) is 12.7. The van der Waals surface area contributed by atoms with Crippen LogP contribution in [0.1, 0.15) is 26.3 Å². The maximum Gasteiger partial charge on any atom is 0.321 e. The van der Waals surface area contributed by atoms with Crippen molar-refractivity contribution in [1.29, 1.82) is 0 Å². The van der Waals surface area contributed by atoms with Crippen LogP contribution in [0.5, 0.6) is 5.75 Å². The van der Waals surface area contributed by atoms with Crippen LogP contribution < -0.4 is 9.46 Å². The van der Waals surface area contributed by atoms with Gasteiger partial charge in [-0.3, -0.25) is 14.9 Å². The number of carboxylic acid groups (broad SMARTS) is 1. The highest BCUT2D eigenvalue weighted by Gasteiger charge is 2.24. The van der Waals surface area contributed by atoms with Gasteiger partial charge in [-0.25, -0.2) is 4.72 Å². The summed E-state index contributed by atoms with van der Waals surface area (Å²) in [5.74, 6) is -0.709. The summed E-state index contributed by atoms with van der Waals surface area (Å²) in [5.41, 5.74) is -0.323. The van der Waals surface area contributed by atoms with Gasteiger partial charge in [0.2, 0.25) is 0 Å². The molecule has 0 heterocycles. The van der Waals surface area contributed by atoms with Gasteiger partial charge in [-0.2, -0.15) is 0 Å². The van der Waals surface area contributed by atoms with Crippen molar-refractivity contribution < 1.29 is 19.6 Å². The van der Waals surface area contributed by atoms with Crippen LogP contribution in [0, 0.1) is 10.1 Å². The molecule has 144 valence electrons. The first-order valence-corrected chi connectivity index (χ1v) is 9.14. The minimum absolute atomic E-state index is 0.0265. The Balaban J connectivity index is 2.18. The molecule has 0 amide bonds. The van der Waals surface area contributed by atoms with Crippen molar-refractivity contribution in [3.8, 4) is 5.75 Å². The molecule has 0 aliphatic carbocycles. The van der Waals surface area contributed by atoms with Crippen LogP contribution >= 0.6 is 11.9 Å². The SMILES string of the molecule is CC(C)(C)Oc1ccc(C[C@H](NSc2ccccc2)C(=O)O)c([N+](=O)[O-])c1. The van der Waals surface area contributed by atoms with Gasteiger partial charge in [0.1, 0.15) is 17.4 Å². The van der Waals surface area contributed by atoms with E-state index in [4.69, 9.17) is 4.74 Å². The van der Waals surface area contributed by atoms with E-state index >= 15 is 0 Å². The van der Waals surface area contributed by atoms with Gasteiger partial charge in [0.05, 0.1) is 11.0 Å². The second kappa shape index (κ2) is 8.88. The van der Waals surface area contributed by atoms with Crippen molar-refractivity contribution in [2.24, 2.45) is 0 Å². The summed E-state index contributed by atoms with van der Waals surface area (Å²) >= 11 is 1.18. The molecule has 0 aromatic heterocycles. The molecule has 0 aliphatic heterocycles. The standard InChI is InChI=1S/C19H22N2O5S/c1-19(2,3)26-14-10-9-13(17(12-14)21(24)25)11-16(18(22)23)20-27-15-7-5-4-6-8-15/h4-10,12,16,20H,11H2,1-3H3,(H,22,23)/t16-/m0/s1. The van der Waals surface area contributed by atoms with Crippen molar-refractivity contribution in [1.82, 2.24) is 4.72 Å². The third-order valence-corrected chi connectivity index (χ3v) is 4.37. The summed E-state index contributed by atoms with van der Waals surface area (Å²) in [7, 11) is 0. The average Bonchev–Trinajstić information content (AvgIpc) is 2.58. The van der Waals surface area contributed by atoms with Gasteiger partial charge in [0.15, 0.2) is 0 Å². The fourth-order valence-electron chi connectivity index (χ4n) is 2.33. The molecule has 2 N–H and O–H groups in total. The fourth-order valence-corrected chi connectivity index (χ4v) is 3.09. The molecule has 7 nitrogen and oxygen atoms in total. The van der Waals surface area contributed by atoms with E-state index in [1.807, 2.05) is 51.1 Å². The summed E-state index contributed by atoms with van der Waals surface area (Å²) in [6.07, 6.45) is -0.0265. The van der Waals surface area contributed by atoms with Crippen molar-refractivity contribution >= 4 is 23.6 Å². The number of hydrogen-bond donors (Lipinski definition) is 2. The second-order valence-corrected chi connectivity index (χ2v) is 7.80. The number of ether oxygens (including phenoxy) is 1. The number of carboxylic acids is 1. The van der Waals surface area contributed by atoms with Gasteiger partial charge in [-0.05, 0) is 57.0 Å². The zero-order valence-electron chi connectivity index (χ0n) is 15.3. The van der Waals surface area contributed by atoms with Crippen molar-refractivity contribution in [3.05, 3.63) is 64.2 Å². The zero-order valence-corrected chi connectivity index (χ0v) is 16.2. The Kier molecular flexibility index (Phi) is 6.81. The molecular formula is C19H22N2O5S. The molecular weight excluding hydrogens is 368 g/mol. The molecule has 1 atom stereocenters. The van der Waals surface area contributed by atoms with E-state index in [0.29, 0.717) is 11.3 Å². The summed E-state index contributed by atoms with van der Waals surface area (Å²) in [4.78, 5) is 23.4. The molecule has 2 rings (SSSR count). The van der Waals surface area contributed by atoms with Gasteiger partial charge in [0, 0.05) is 16.9 Å². The van der Waals surface area contributed by atoms with Gasteiger partial charge in [-0.15, -0.1) is 0 Å². The Labute approximate surface area is 162 Å². The number of rotatable bonds is 8. The predicted octanol–water partition coefficient (Wildman–Crippen LogP) is 4.06. The number of carbonyl (C=O) groups is 1. The Morgan fingerprint density at radius 1 is 1.26 bits per heavy atom. The smallest absolute Gasteiger partial charge is 0.321 e. The van der Waals surface area contributed by atoms with Crippen molar-refractivity contribution in [2.75, 3.05) is 0 Å². The molecule has 27 heavy (non-hydrogen) atoms. The molecule has 0 fully saturated rings. The van der Waals surface area contributed by atoms with E-state index in [0.717, 1.165) is 4.90 Å². The first kappa shape index (κ1) is 20.7. The van der Waals surface area contributed by atoms with Crippen LogP contribution in [-0.4, -0.2) is 27.6 Å². The monoisotopic (exact) mass is 390 g/mol. The minimum atomic E-state index is -1.08. The number of nitro groups is 1. The average molecular weight is 390 g/mol. The van der Waals surface area contributed by atoms with E-state index in [-0.39, 0.29) is 12.1 Å². The molecule has 0 saturated carbocycles. The molecule has 2 aromatic rings. The number of nitrogens with one attached hydrogen (secondary N) is 1. The van der Waals surface area contributed by atoms with Crippen molar-refractivity contribution in [3.63, 3.8) is 0 Å². The first-order valence-electron chi connectivity index (χ1n) is 8.32. The lowest BCUT2D eigenvalue weighted by atomic mass is 10.0. The number of nitrogens with zero attached hydrogens (tertiary/aromatic N) is 1. The van der Waals surface area contributed by atoms with Gasteiger partial charge < -0.3 is 9.84 Å². The van der Waals surface area contributed by atoms with Gasteiger partial charge >= 0.3 is 5.97 Å². The maximum atomic E-state index is 11.6. The third-order valence-electron chi connectivity index (χ3n) is 3.46. The highest BCUT2D eigenvalue weighted by Crippen LogP contribution is 2.28. The van der Waals surface area contributed by atoms with E-state index in [1.165, 1.54) is 18.0 Å². The Bertz CT molecular complexity index is 805. The maximum absolute atomic E-state index is 11.6. The fraction of sp³-hybridized carbons (Fsp3) is 0.316. The lowest BCUT2D eigenvalue weighted by molar-refractivity contribution is -0.385. The highest BCUT2D eigenvalue weighted by molar-refractivity contribution is 7.97. The molecule has 2 aromatic carbocycles. The Morgan fingerprint density at radius 3 is 2.48 bits per heavy atom. The van der Waals surface area contributed by atoms with E-state index in [1.54, 1.807) is 12.1 Å². The van der Waals surface area contributed by atoms with Gasteiger partial charge in [-0.1, -0.05) is 18.2 Å². The normalized spacial score (nSPS) is 12.4. The summed E-state index contributed by atoms with van der Waals surface area (Å²) in [5, 5.41) is 20.9. The topological polar surface area (TPSA) is 102 Å². The van der Waals surface area contributed by atoms with Crippen LogP contribution in [0.25, 0.3) is 0 Å². The molecule has 0 spiro atoms. The summed E-state index contributed by atoms with van der Waals surface area (Å²) in [6, 6.07) is 12.8. The molecule has 0 unspecified atom stereocenters. The lowest BCUT2D eigenvalue weighted by Crippen LogP contribution is -2.34. The predicted molar refractivity (Wildman–Crippen MR) is 104 cm³/mol. The van der Waals surface area contributed by atoms with Crippen LogP contribution in [0.4, 0.5) is 5.69 Å². The molecule has 0 bridgehead atoms. The highest BCUT2D eigenvalue weighted by atomic mass is 32.2. The van der Waals surface area contributed by atoms with Crippen LogP contribution in [0.3, 0.4) is 0 Å². The largest absolute Gasteiger partial charge is 0.488 e. The third kappa shape index (κ3) is 6.58. The Hall–Kier alpha value is -2.58. The number of benzene rings is 2. The molecule has 0 radical (unpaired) electrons. The van der Waals surface area contributed by atoms with Crippen LogP contribution in [0.15, 0.2) is 53.4 Å². The van der Waals surface area contributed by atoms with Crippen LogP contribution in [-0.2, 0) is 11.2 Å². The van der Waals surface area contributed by atoms with Crippen LogP contribution in [0.2, 0.25) is 0 Å². The second-order valence-electron chi connectivity index (χ2n) is 6.89. The zero-order chi connectivity index (χ0) is 20.0. The Morgan fingerprint density at radius 2 is 1.93 bits per heavy atom. The van der Waals surface area contributed by atoms with E-state index in [9.17, 15) is 20.0 Å². The summed E-state index contributed by atoms with van der Waals surface area (Å²) in [6.45, 7) is 5.54. The molecule has 0 saturated heterocycles. The summed E-state index contributed by atoms with van der Waals surface area (Å²) < 4.78 is 8.53. The number of hydrogen-bond acceptors (Lipinski definition) is 6.